The number of benzene rings is 1. The molecule has 2 aliphatic rings. The molecule has 0 radical (unpaired) electrons. The van der Waals surface area contributed by atoms with Crippen LogP contribution >= 0.6 is 27.5 Å². The third-order valence-corrected chi connectivity index (χ3v) is 7.39. The fourth-order valence-corrected chi connectivity index (χ4v) is 5.00. The standard InChI is InChI=1S/C23H26BrClN6O2/c1-26-22(32)15-6-8-30(9-7-15)13-16-10-17(25)11-27-23(16)33-19-5-4-18-21(20(19)24)28-29-31(18)12-14-2-3-14/h4-5,10-11,14-15H,2-3,6-9,12-13H2,1H3,(H,26,32). The predicted molar refractivity (Wildman–Crippen MR) is 129 cm³/mol. The molecule has 0 spiro atoms. The number of pyridine rings is 1. The maximum Gasteiger partial charge on any atom is 0.223 e. The second kappa shape index (κ2) is 9.56. The van der Waals surface area contributed by atoms with Gasteiger partial charge in [-0.25, -0.2) is 9.67 Å². The van der Waals surface area contributed by atoms with Gasteiger partial charge in [-0.15, -0.1) is 5.10 Å². The first-order chi connectivity index (χ1) is 16.0. The number of piperidine rings is 1. The van der Waals surface area contributed by atoms with Crippen LogP contribution in [0.15, 0.2) is 28.9 Å². The van der Waals surface area contributed by atoms with Crippen molar-refractivity contribution in [2.45, 2.75) is 38.8 Å². The molecule has 2 aromatic heterocycles. The van der Waals surface area contributed by atoms with Crippen molar-refractivity contribution in [1.29, 1.82) is 0 Å². The number of hydrogen-bond acceptors (Lipinski definition) is 6. The van der Waals surface area contributed by atoms with Gasteiger partial charge in [-0.05, 0) is 78.8 Å². The first-order valence-corrected chi connectivity index (χ1v) is 12.5. The van der Waals surface area contributed by atoms with Crippen molar-refractivity contribution >= 4 is 44.5 Å². The quantitative estimate of drug-likeness (QED) is 0.484. The van der Waals surface area contributed by atoms with Crippen LogP contribution in [-0.2, 0) is 17.9 Å². The molecule has 1 saturated carbocycles. The third kappa shape index (κ3) is 5.00. The molecule has 0 bridgehead atoms. The summed E-state index contributed by atoms with van der Waals surface area (Å²) in [7, 11) is 1.69. The van der Waals surface area contributed by atoms with Crippen LogP contribution in [0.4, 0.5) is 0 Å². The molecule has 1 N–H and O–H groups in total. The highest BCUT2D eigenvalue weighted by atomic mass is 79.9. The van der Waals surface area contributed by atoms with Gasteiger partial charge in [0, 0.05) is 37.8 Å². The molecule has 3 aromatic rings. The highest BCUT2D eigenvalue weighted by molar-refractivity contribution is 9.10. The average Bonchev–Trinajstić information content (AvgIpc) is 3.55. The Morgan fingerprint density at radius 2 is 2.06 bits per heavy atom. The molecule has 0 atom stereocenters. The van der Waals surface area contributed by atoms with Crippen LogP contribution in [0, 0.1) is 11.8 Å². The van der Waals surface area contributed by atoms with Gasteiger partial charge >= 0.3 is 0 Å². The van der Waals surface area contributed by atoms with Crippen LogP contribution in [0.5, 0.6) is 11.6 Å². The van der Waals surface area contributed by atoms with Crippen LogP contribution in [0.1, 0.15) is 31.2 Å². The monoisotopic (exact) mass is 532 g/mol. The summed E-state index contributed by atoms with van der Waals surface area (Å²) >= 11 is 9.92. The smallest absolute Gasteiger partial charge is 0.223 e. The fraction of sp³-hybridized carbons (Fsp3) is 0.478. The number of ether oxygens (including phenoxy) is 1. The Morgan fingerprint density at radius 3 is 2.79 bits per heavy atom. The van der Waals surface area contributed by atoms with E-state index >= 15 is 0 Å². The van der Waals surface area contributed by atoms with Crippen molar-refractivity contribution < 1.29 is 9.53 Å². The van der Waals surface area contributed by atoms with E-state index < -0.39 is 0 Å². The molecule has 0 unspecified atom stereocenters. The zero-order chi connectivity index (χ0) is 22.9. The van der Waals surface area contributed by atoms with E-state index in [1.807, 2.05) is 22.9 Å². The van der Waals surface area contributed by atoms with Gasteiger partial charge in [0.05, 0.1) is 15.0 Å². The Morgan fingerprint density at radius 1 is 1.27 bits per heavy atom. The number of carbonyl (C=O) groups is 1. The first kappa shape index (κ1) is 22.6. The molecule has 10 heteroatoms. The molecular formula is C23H26BrClN6O2. The minimum absolute atomic E-state index is 0.0791. The summed E-state index contributed by atoms with van der Waals surface area (Å²) in [5.41, 5.74) is 2.68. The second-order valence-electron chi connectivity index (χ2n) is 8.84. The number of carbonyl (C=O) groups excluding carboxylic acids is 1. The van der Waals surface area contributed by atoms with Gasteiger partial charge in [0.1, 0.15) is 11.3 Å². The molecule has 33 heavy (non-hydrogen) atoms. The predicted octanol–water partition coefficient (Wildman–Crippen LogP) is 4.40. The zero-order valence-electron chi connectivity index (χ0n) is 18.4. The zero-order valence-corrected chi connectivity index (χ0v) is 20.8. The third-order valence-electron chi connectivity index (χ3n) is 6.42. The van der Waals surface area contributed by atoms with E-state index in [1.54, 1.807) is 13.2 Å². The van der Waals surface area contributed by atoms with Gasteiger partial charge in [-0.3, -0.25) is 9.69 Å². The lowest BCUT2D eigenvalue weighted by molar-refractivity contribution is -0.125. The van der Waals surface area contributed by atoms with Crippen molar-refractivity contribution in [3.8, 4) is 11.6 Å². The highest BCUT2D eigenvalue weighted by Crippen LogP contribution is 2.37. The number of amides is 1. The number of aromatic nitrogens is 4. The summed E-state index contributed by atoms with van der Waals surface area (Å²) in [5.74, 6) is 2.06. The van der Waals surface area contributed by atoms with Gasteiger partial charge in [0.25, 0.3) is 0 Å². The van der Waals surface area contributed by atoms with E-state index in [0.29, 0.717) is 29.1 Å². The van der Waals surface area contributed by atoms with Gasteiger partial charge in [0.15, 0.2) is 0 Å². The van der Waals surface area contributed by atoms with Crippen LogP contribution in [-0.4, -0.2) is 50.9 Å². The van der Waals surface area contributed by atoms with Crippen molar-refractivity contribution in [2.75, 3.05) is 20.1 Å². The first-order valence-electron chi connectivity index (χ1n) is 11.3. The van der Waals surface area contributed by atoms with E-state index in [1.165, 1.54) is 12.8 Å². The fourth-order valence-electron chi connectivity index (χ4n) is 4.32. The van der Waals surface area contributed by atoms with Crippen LogP contribution in [0.2, 0.25) is 5.02 Å². The summed E-state index contributed by atoms with van der Waals surface area (Å²) in [4.78, 5) is 18.7. The summed E-state index contributed by atoms with van der Waals surface area (Å²) in [6, 6.07) is 5.82. The van der Waals surface area contributed by atoms with Gasteiger partial charge < -0.3 is 10.1 Å². The Balaban J connectivity index is 1.33. The number of hydrogen-bond donors (Lipinski definition) is 1. The van der Waals surface area contributed by atoms with Crippen LogP contribution < -0.4 is 10.1 Å². The highest BCUT2D eigenvalue weighted by Gasteiger charge is 2.26. The molecule has 1 aliphatic heterocycles. The number of fused-ring (bicyclic) bond motifs is 1. The molecule has 1 aromatic carbocycles. The van der Waals surface area contributed by atoms with Gasteiger partial charge in [-0.1, -0.05) is 16.8 Å². The van der Waals surface area contributed by atoms with E-state index in [0.717, 1.165) is 53.5 Å². The number of likely N-dealkylation sites (tertiary alicyclic amines) is 1. The van der Waals surface area contributed by atoms with E-state index in [2.05, 4.69) is 41.4 Å². The Kier molecular flexibility index (Phi) is 6.53. The Hall–Kier alpha value is -2.23. The van der Waals surface area contributed by atoms with Crippen molar-refractivity contribution in [2.24, 2.45) is 11.8 Å². The molecule has 2 fully saturated rings. The lowest BCUT2D eigenvalue weighted by Gasteiger charge is -2.31. The number of nitrogens with one attached hydrogen (secondary N) is 1. The van der Waals surface area contributed by atoms with Crippen LogP contribution in [0.3, 0.4) is 0 Å². The van der Waals surface area contributed by atoms with Gasteiger partial charge in [-0.2, -0.15) is 0 Å². The summed E-state index contributed by atoms with van der Waals surface area (Å²) < 4.78 is 8.97. The second-order valence-corrected chi connectivity index (χ2v) is 10.1. The minimum Gasteiger partial charge on any atom is -0.437 e. The lowest BCUT2D eigenvalue weighted by atomic mass is 9.96. The molecule has 8 nitrogen and oxygen atoms in total. The normalized spacial score (nSPS) is 17.4. The number of halogens is 2. The summed E-state index contributed by atoms with van der Waals surface area (Å²) in [5, 5.41) is 12.0. The van der Waals surface area contributed by atoms with Crippen molar-refractivity contribution in [3.05, 3.63) is 39.5 Å². The van der Waals surface area contributed by atoms with E-state index in [9.17, 15) is 4.79 Å². The van der Waals surface area contributed by atoms with Crippen LogP contribution in [0.25, 0.3) is 11.0 Å². The summed E-state index contributed by atoms with van der Waals surface area (Å²) in [6.45, 7) is 3.23. The summed E-state index contributed by atoms with van der Waals surface area (Å²) in [6.07, 6.45) is 5.79. The minimum atomic E-state index is 0.0791. The molecule has 1 saturated heterocycles. The SMILES string of the molecule is CNC(=O)C1CCN(Cc2cc(Cl)cnc2Oc2ccc3c(nnn3CC3CC3)c2Br)CC1. The molecule has 1 aliphatic carbocycles. The maximum absolute atomic E-state index is 11.9. The molecule has 174 valence electrons. The molecular weight excluding hydrogens is 508 g/mol. The molecule has 5 rings (SSSR count). The average molecular weight is 534 g/mol. The Labute approximate surface area is 205 Å². The molecule has 3 heterocycles. The Bertz CT molecular complexity index is 1170. The topological polar surface area (TPSA) is 85.2 Å². The van der Waals surface area contributed by atoms with Gasteiger partial charge in [0.2, 0.25) is 11.8 Å². The largest absolute Gasteiger partial charge is 0.437 e. The van der Waals surface area contributed by atoms with E-state index in [4.69, 9.17) is 16.3 Å². The molecule has 1 amide bonds. The maximum atomic E-state index is 11.9. The number of nitrogens with zero attached hydrogens (tertiary/aromatic N) is 5. The number of rotatable bonds is 7. The van der Waals surface area contributed by atoms with Crippen molar-refractivity contribution in [1.82, 2.24) is 30.2 Å². The van der Waals surface area contributed by atoms with E-state index in [-0.39, 0.29) is 11.8 Å². The lowest BCUT2D eigenvalue weighted by Crippen LogP contribution is -2.39. The van der Waals surface area contributed by atoms with Crippen molar-refractivity contribution in [3.63, 3.8) is 0 Å².